The van der Waals surface area contributed by atoms with E-state index in [1.807, 2.05) is 73.7 Å². The van der Waals surface area contributed by atoms with E-state index < -0.39 is 0 Å². The highest BCUT2D eigenvalue weighted by Gasteiger charge is 2.14. The number of thioether (sulfide) groups is 1. The maximum absolute atomic E-state index is 13.3. The van der Waals surface area contributed by atoms with Gasteiger partial charge in [-0.15, -0.1) is 10.2 Å². The minimum absolute atomic E-state index is 0.0296. The second-order valence-electron chi connectivity index (χ2n) is 7.77. The average Bonchev–Trinajstić information content (AvgIpc) is 3.32. The zero-order valence-corrected chi connectivity index (χ0v) is 19.0. The van der Waals surface area contributed by atoms with E-state index in [1.54, 1.807) is 4.57 Å². The highest BCUT2D eigenvalue weighted by Crippen LogP contribution is 2.26. The van der Waals surface area contributed by atoms with Gasteiger partial charge < -0.3 is 4.42 Å². The Bertz CT molecular complexity index is 1440. The van der Waals surface area contributed by atoms with Gasteiger partial charge in [-0.05, 0) is 43.2 Å². The van der Waals surface area contributed by atoms with Crippen molar-refractivity contribution >= 4 is 22.7 Å². The summed E-state index contributed by atoms with van der Waals surface area (Å²) < 4.78 is 7.61. The highest BCUT2D eigenvalue weighted by molar-refractivity contribution is 7.98. The second-order valence-corrected chi connectivity index (χ2v) is 8.69. The van der Waals surface area contributed by atoms with Crippen molar-refractivity contribution < 1.29 is 4.42 Å². The molecule has 164 valence electrons. The number of benzene rings is 3. The third-order valence-corrected chi connectivity index (χ3v) is 6.25. The Hall–Kier alpha value is -3.71. The van der Waals surface area contributed by atoms with Crippen molar-refractivity contribution in [2.45, 2.75) is 30.9 Å². The molecule has 2 heterocycles. The summed E-state index contributed by atoms with van der Waals surface area (Å²) in [5.74, 6) is 1.62. The lowest BCUT2D eigenvalue weighted by atomic mass is 10.1. The van der Waals surface area contributed by atoms with Crippen LogP contribution in [0.3, 0.4) is 0 Å². The van der Waals surface area contributed by atoms with Crippen molar-refractivity contribution in [2.75, 3.05) is 0 Å². The van der Waals surface area contributed by atoms with Gasteiger partial charge in [-0.3, -0.25) is 9.36 Å². The first-order chi connectivity index (χ1) is 16.2. The zero-order chi connectivity index (χ0) is 22.6. The van der Waals surface area contributed by atoms with Gasteiger partial charge in [0.05, 0.1) is 16.7 Å². The van der Waals surface area contributed by atoms with Crippen molar-refractivity contribution in [2.24, 2.45) is 0 Å². The Morgan fingerprint density at radius 2 is 1.67 bits per heavy atom. The first-order valence-electron chi connectivity index (χ1n) is 10.7. The maximum atomic E-state index is 13.3. The van der Waals surface area contributed by atoms with Crippen LogP contribution in [0.15, 0.2) is 93.3 Å². The lowest BCUT2D eigenvalue weighted by molar-refractivity contribution is 0.465. The van der Waals surface area contributed by atoms with Crippen LogP contribution in [0.1, 0.15) is 17.0 Å². The molecule has 0 bridgehead atoms. The molecule has 5 rings (SSSR count). The van der Waals surface area contributed by atoms with E-state index in [0.717, 1.165) is 12.0 Å². The molecule has 0 amide bonds. The van der Waals surface area contributed by atoms with Gasteiger partial charge >= 0.3 is 0 Å². The number of hydrogen-bond donors (Lipinski definition) is 0. The summed E-state index contributed by atoms with van der Waals surface area (Å²) in [6, 6.07) is 25.5. The molecule has 0 atom stereocenters. The lowest BCUT2D eigenvalue weighted by Crippen LogP contribution is -2.26. The summed E-state index contributed by atoms with van der Waals surface area (Å²) in [5, 5.41) is 9.41. The molecule has 0 fully saturated rings. The van der Waals surface area contributed by atoms with Gasteiger partial charge in [0.2, 0.25) is 5.89 Å². The van der Waals surface area contributed by atoms with E-state index in [-0.39, 0.29) is 5.56 Å². The Kier molecular flexibility index (Phi) is 6.04. The summed E-state index contributed by atoms with van der Waals surface area (Å²) in [5.41, 5.74) is 3.89. The molecule has 0 radical (unpaired) electrons. The number of para-hydroxylation sites is 1. The van der Waals surface area contributed by atoms with E-state index in [2.05, 4.69) is 22.3 Å². The molecule has 0 aliphatic rings. The Morgan fingerprint density at radius 3 is 2.48 bits per heavy atom. The van der Waals surface area contributed by atoms with Crippen molar-refractivity contribution in [3.8, 4) is 11.5 Å². The molecular weight excluding hydrogens is 432 g/mol. The molecule has 0 saturated heterocycles. The molecular formula is C26H22N4O2S. The first kappa shape index (κ1) is 21.2. The topological polar surface area (TPSA) is 73.8 Å². The Balaban J connectivity index is 1.41. The van der Waals surface area contributed by atoms with Gasteiger partial charge in [0, 0.05) is 12.1 Å². The van der Waals surface area contributed by atoms with Crippen LogP contribution in [0.4, 0.5) is 0 Å². The molecule has 6 nitrogen and oxygen atoms in total. The third-order valence-electron chi connectivity index (χ3n) is 5.44. The van der Waals surface area contributed by atoms with E-state index in [9.17, 15) is 4.79 Å². The molecule has 3 aromatic carbocycles. The van der Waals surface area contributed by atoms with Crippen LogP contribution in [0, 0.1) is 6.92 Å². The van der Waals surface area contributed by atoms with Gasteiger partial charge in [-0.2, -0.15) is 0 Å². The van der Waals surface area contributed by atoms with Crippen LogP contribution in [0.25, 0.3) is 22.4 Å². The molecule has 2 aromatic heterocycles. The quantitative estimate of drug-likeness (QED) is 0.311. The molecule has 5 aromatic rings. The van der Waals surface area contributed by atoms with Crippen LogP contribution in [-0.2, 0) is 18.7 Å². The van der Waals surface area contributed by atoms with Crippen molar-refractivity contribution in [3.05, 3.63) is 106 Å². The predicted molar refractivity (Wildman–Crippen MR) is 130 cm³/mol. The van der Waals surface area contributed by atoms with Gasteiger partial charge in [0.1, 0.15) is 5.82 Å². The summed E-state index contributed by atoms with van der Waals surface area (Å²) in [4.78, 5) is 18.1. The number of aromatic nitrogens is 4. The molecule has 33 heavy (non-hydrogen) atoms. The standard InChI is InChI=1S/C26H22N4O2S/c1-18-11-13-20(14-12-18)24-28-29-26(32-24)33-17-23-27-22-10-6-5-9-21(22)25(31)30(23)16-15-19-7-3-2-4-8-19/h2-14H,15-17H2,1H3. The largest absolute Gasteiger partial charge is 0.411 e. The van der Waals surface area contributed by atoms with E-state index in [0.29, 0.717) is 40.1 Å². The fourth-order valence-electron chi connectivity index (χ4n) is 3.65. The molecule has 0 N–H and O–H groups in total. The Morgan fingerprint density at radius 1 is 0.909 bits per heavy atom. The lowest BCUT2D eigenvalue weighted by Gasteiger charge is -2.13. The molecule has 0 unspecified atom stereocenters. The SMILES string of the molecule is Cc1ccc(-c2nnc(SCc3nc4ccccc4c(=O)n3CCc3ccccc3)o2)cc1. The van der Waals surface area contributed by atoms with Crippen LogP contribution >= 0.6 is 11.8 Å². The normalized spacial score (nSPS) is 11.2. The maximum Gasteiger partial charge on any atom is 0.277 e. The molecule has 0 aliphatic heterocycles. The summed E-state index contributed by atoms with van der Waals surface area (Å²) in [7, 11) is 0. The van der Waals surface area contributed by atoms with Crippen LogP contribution in [0.2, 0.25) is 0 Å². The fraction of sp³-hybridized carbons (Fsp3) is 0.154. The summed E-state index contributed by atoms with van der Waals surface area (Å²) in [6.45, 7) is 2.59. The second kappa shape index (κ2) is 9.42. The minimum atomic E-state index is -0.0296. The van der Waals surface area contributed by atoms with E-state index in [1.165, 1.54) is 22.9 Å². The van der Waals surface area contributed by atoms with Gasteiger partial charge in [-0.25, -0.2) is 4.98 Å². The fourth-order valence-corrected chi connectivity index (χ4v) is 4.36. The molecule has 0 aliphatic carbocycles. The summed E-state index contributed by atoms with van der Waals surface area (Å²) >= 11 is 1.38. The van der Waals surface area contributed by atoms with Crippen LogP contribution in [-0.4, -0.2) is 19.7 Å². The van der Waals surface area contributed by atoms with Gasteiger partial charge in [0.25, 0.3) is 10.8 Å². The van der Waals surface area contributed by atoms with Gasteiger partial charge in [-0.1, -0.05) is 71.9 Å². The van der Waals surface area contributed by atoms with E-state index in [4.69, 9.17) is 9.40 Å². The first-order valence-corrected chi connectivity index (χ1v) is 11.7. The number of fused-ring (bicyclic) bond motifs is 1. The number of aryl methyl sites for hydroxylation is 2. The molecule has 0 saturated carbocycles. The predicted octanol–water partition coefficient (Wildman–Crippen LogP) is 5.29. The van der Waals surface area contributed by atoms with Crippen LogP contribution in [0.5, 0.6) is 0 Å². The van der Waals surface area contributed by atoms with Crippen LogP contribution < -0.4 is 5.56 Å². The van der Waals surface area contributed by atoms with Crippen molar-refractivity contribution in [1.82, 2.24) is 19.7 Å². The monoisotopic (exact) mass is 454 g/mol. The van der Waals surface area contributed by atoms with E-state index >= 15 is 0 Å². The Labute approximate surface area is 195 Å². The average molecular weight is 455 g/mol. The summed E-state index contributed by atoms with van der Waals surface area (Å²) in [6.07, 6.45) is 0.747. The minimum Gasteiger partial charge on any atom is -0.411 e. The third kappa shape index (κ3) is 4.73. The van der Waals surface area contributed by atoms with Crippen molar-refractivity contribution in [1.29, 1.82) is 0 Å². The van der Waals surface area contributed by atoms with Gasteiger partial charge in [0.15, 0.2) is 0 Å². The molecule has 0 spiro atoms. The van der Waals surface area contributed by atoms with Crippen molar-refractivity contribution in [3.63, 3.8) is 0 Å². The molecule has 7 heteroatoms. The number of rotatable bonds is 7. The smallest absolute Gasteiger partial charge is 0.277 e. The number of hydrogen-bond acceptors (Lipinski definition) is 6. The highest BCUT2D eigenvalue weighted by atomic mass is 32.2. The number of nitrogens with zero attached hydrogens (tertiary/aromatic N) is 4. The zero-order valence-electron chi connectivity index (χ0n) is 18.1.